The highest BCUT2D eigenvalue weighted by Crippen LogP contribution is 2.34. The van der Waals surface area contributed by atoms with Gasteiger partial charge in [0, 0.05) is 15.7 Å². The molecule has 1 amide bonds. The van der Waals surface area contributed by atoms with Crippen LogP contribution in [0, 0.1) is 0 Å². The van der Waals surface area contributed by atoms with E-state index in [1.165, 1.54) is 6.26 Å². The van der Waals surface area contributed by atoms with Crippen LogP contribution in [0.25, 0.3) is 33.3 Å². The van der Waals surface area contributed by atoms with Crippen molar-refractivity contribution in [2.75, 3.05) is 5.32 Å². The highest BCUT2D eigenvalue weighted by Gasteiger charge is 2.14. The molecule has 0 fully saturated rings. The predicted octanol–water partition coefficient (Wildman–Crippen LogP) is 6.26. The Labute approximate surface area is 168 Å². The Morgan fingerprint density at radius 3 is 2.68 bits per heavy atom. The van der Waals surface area contributed by atoms with Gasteiger partial charge in [0.2, 0.25) is 5.89 Å². The Hall–Kier alpha value is -3.38. The molecule has 0 atom stereocenters. The summed E-state index contributed by atoms with van der Waals surface area (Å²) >= 11 is 3.59. The lowest BCUT2D eigenvalue weighted by molar-refractivity contribution is 0.0996. The van der Waals surface area contributed by atoms with Gasteiger partial charge in [-0.05, 0) is 53.2 Å². The first-order chi connectivity index (χ1) is 13.7. The number of carbonyl (C=O) groups is 1. The molecule has 2 aromatic heterocycles. The minimum absolute atomic E-state index is 0.252. The number of oxazole rings is 1. The van der Waals surface area contributed by atoms with E-state index in [1.807, 2.05) is 36.4 Å². The molecule has 3 aromatic carbocycles. The molecule has 28 heavy (non-hydrogen) atoms. The molecule has 136 valence electrons. The number of nitrogens with one attached hydrogen (secondary N) is 1. The number of fused-ring (bicyclic) bond motifs is 2. The van der Waals surface area contributed by atoms with Crippen molar-refractivity contribution in [1.29, 1.82) is 0 Å². The fourth-order valence-electron chi connectivity index (χ4n) is 3.18. The van der Waals surface area contributed by atoms with Crippen molar-refractivity contribution in [2.45, 2.75) is 0 Å². The van der Waals surface area contributed by atoms with Gasteiger partial charge in [0.15, 0.2) is 11.3 Å². The van der Waals surface area contributed by atoms with Crippen LogP contribution in [-0.2, 0) is 0 Å². The number of amides is 1. The fraction of sp³-hybridized carbons (Fsp3) is 0. The van der Waals surface area contributed by atoms with Crippen molar-refractivity contribution < 1.29 is 13.6 Å². The van der Waals surface area contributed by atoms with Crippen LogP contribution in [0.15, 0.2) is 86.3 Å². The Kier molecular flexibility index (Phi) is 3.98. The van der Waals surface area contributed by atoms with Crippen LogP contribution in [0.3, 0.4) is 0 Å². The number of anilines is 1. The van der Waals surface area contributed by atoms with E-state index in [2.05, 4.69) is 26.2 Å². The molecule has 0 bridgehead atoms. The topological polar surface area (TPSA) is 68.3 Å². The van der Waals surface area contributed by atoms with E-state index in [0.717, 1.165) is 20.8 Å². The van der Waals surface area contributed by atoms with Gasteiger partial charge >= 0.3 is 0 Å². The lowest BCUT2D eigenvalue weighted by Gasteiger charge is -2.04. The van der Waals surface area contributed by atoms with Gasteiger partial charge < -0.3 is 14.2 Å². The average molecular weight is 433 g/mol. The van der Waals surface area contributed by atoms with Crippen LogP contribution < -0.4 is 5.32 Å². The second-order valence-corrected chi connectivity index (χ2v) is 7.13. The zero-order chi connectivity index (χ0) is 19.1. The molecule has 0 saturated carbocycles. The number of carbonyl (C=O) groups excluding carboxylic acids is 1. The van der Waals surface area contributed by atoms with E-state index in [9.17, 15) is 4.79 Å². The van der Waals surface area contributed by atoms with Crippen LogP contribution in [-0.4, -0.2) is 10.9 Å². The van der Waals surface area contributed by atoms with E-state index < -0.39 is 0 Å². The van der Waals surface area contributed by atoms with Crippen LogP contribution >= 0.6 is 15.9 Å². The van der Waals surface area contributed by atoms with Crippen molar-refractivity contribution in [2.24, 2.45) is 0 Å². The summed E-state index contributed by atoms with van der Waals surface area (Å²) < 4.78 is 12.1. The van der Waals surface area contributed by atoms with Gasteiger partial charge in [-0.1, -0.05) is 40.2 Å². The maximum atomic E-state index is 12.2. The maximum absolute atomic E-state index is 12.2. The molecular weight excluding hydrogens is 420 g/mol. The molecule has 5 rings (SSSR count). The molecular formula is C22H13BrN2O3. The number of aromatic nitrogens is 1. The molecule has 0 aliphatic heterocycles. The molecule has 0 unspecified atom stereocenters. The standard InChI is InChI=1S/C22H13BrN2O3/c23-17-7-2-4-14-15(17)5-1-6-16(14)22-25-18-12-13(9-10-19(18)28-22)24-21(26)20-8-3-11-27-20/h1-12H,(H,24,26). The van der Waals surface area contributed by atoms with Gasteiger partial charge in [0.05, 0.1) is 6.26 Å². The van der Waals surface area contributed by atoms with Crippen molar-refractivity contribution in [3.63, 3.8) is 0 Å². The number of halogens is 1. The highest BCUT2D eigenvalue weighted by molar-refractivity contribution is 9.10. The Morgan fingerprint density at radius 1 is 0.964 bits per heavy atom. The Morgan fingerprint density at radius 2 is 1.82 bits per heavy atom. The molecule has 0 spiro atoms. The number of hydrogen-bond acceptors (Lipinski definition) is 4. The minimum Gasteiger partial charge on any atom is -0.459 e. The smallest absolute Gasteiger partial charge is 0.291 e. The summed E-state index contributed by atoms with van der Waals surface area (Å²) in [6, 6.07) is 20.7. The predicted molar refractivity (Wildman–Crippen MR) is 111 cm³/mol. The second kappa shape index (κ2) is 6.65. The SMILES string of the molecule is O=C(Nc1ccc2oc(-c3cccc4c(Br)cccc34)nc2c1)c1ccco1. The summed E-state index contributed by atoms with van der Waals surface area (Å²) in [5, 5.41) is 4.94. The highest BCUT2D eigenvalue weighted by atomic mass is 79.9. The first kappa shape index (κ1) is 16.8. The van der Waals surface area contributed by atoms with E-state index in [-0.39, 0.29) is 11.7 Å². The third-order valence-electron chi connectivity index (χ3n) is 4.49. The number of rotatable bonds is 3. The van der Waals surface area contributed by atoms with Crippen molar-refractivity contribution in [3.8, 4) is 11.5 Å². The lowest BCUT2D eigenvalue weighted by atomic mass is 10.0. The summed E-state index contributed by atoms with van der Waals surface area (Å²) in [7, 11) is 0. The van der Waals surface area contributed by atoms with Crippen LogP contribution in [0.1, 0.15) is 10.6 Å². The van der Waals surface area contributed by atoms with Gasteiger partial charge in [-0.25, -0.2) is 4.98 Å². The summed E-state index contributed by atoms with van der Waals surface area (Å²) in [5.74, 6) is 0.474. The molecule has 5 nitrogen and oxygen atoms in total. The van der Waals surface area contributed by atoms with Crippen LogP contribution in [0.5, 0.6) is 0 Å². The van der Waals surface area contributed by atoms with E-state index in [0.29, 0.717) is 22.7 Å². The molecule has 0 saturated heterocycles. The normalized spacial score (nSPS) is 11.2. The van der Waals surface area contributed by atoms with E-state index in [4.69, 9.17) is 8.83 Å². The quantitative estimate of drug-likeness (QED) is 0.365. The first-order valence-electron chi connectivity index (χ1n) is 8.62. The van der Waals surface area contributed by atoms with Gasteiger partial charge in [0.1, 0.15) is 5.52 Å². The first-order valence-corrected chi connectivity index (χ1v) is 9.41. The summed E-state index contributed by atoms with van der Waals surface area (Å²) in [5.41, 5.74) is 2.85. The van der Waals surface area contributed by atoms with Gasteiger partial charge in [-0.3, -0.25) is 4.79 Å². The van der Waals surface area contributed by atoms with Gasteiger partial charge in [-0.2, -0.15) is 0 Å². The lowest BCUT2D eigenvalue weighted by Crippen LogP contribution is -2.10. The number of nitrogens with zero attached hydrogens (tertiary/aromatic N) is 1. The van der Waals surface area contributed by atoms with Crippen molar-refractivity contribution in [1.82, 2.24) is 4.98 Å². The Bertz CT molecular complexity index is 1320. The van der Waals surface area contributed by atoms with Crippen LogP contribution in [0.4, 0.5) is 5.69 Å². The molecule has 0 aliphatic rings. The summed E-state index contributed by atoms with van der Waals surface area (Å²) in [4.78, 5) is 16.8. The van der Waals surface area contributed by atoms with E-state index >= 15 is 0 Å². The minimum atomic E-state index is -0.313. The average Bonchev–Trinajstić information content (AvgIpc) is 3.37. The number of benzene rings is 3. The van der Waals surface area contributed by atoms with Gasteiger partial charge in [-0.15, -0.1) is 0 Å². The zero-order valence-electron chi connectivity index (χ0n) is 14.5. The fourth-order valence-corrected chi connectivity index (χ4v) is 3.68. The third kappa shape index (κ3) is 2.88. The molecule has 1 N–H and O–H groups in total. The van der Waals surface area contributed by atoms with Crippen LogP contribution in [0.2, 0.25) is 0 Å². The van der Waals surface area contributed by atoms with E-state index in [1.54, 1.807) is 30.3 Å². The molecule has 0 radical (unpaired) electrons. The largest absolute Gasteiger partial charge is 0.459 e. The number of furan rings is 1. The molecule has 5 aromatic rings. The van der Waals surface area contributed by atoms with Gasteiger partial charge in [0.25, 0.3) is 5.91 Å². The third-order valence-corrected chi connectivity index (χ3v) is 5.18. The molecule has 6 heteroatoms. The molecule has 2 heterocycles. The molecule has 0 aliphatic carbocycles. The maximum Gasteiger partial charge on any atom is 0.291 e. The Balaban J connectivity index is 1.54. The van der Waals surface area contributed by atoms with Crippen molar-refractivity contribution in [3.05, 3.63) is 83.2 Å². The zero-order valence-corrected chi connectivity index (χ0v) is 16.1. The summed E-state index contributed by atoms with van der Waals surface area (Å²) in [6.45, 7) is 0. The monoisotopic (exact) mass is 432 g/mol. The summed E-state index contributed by atoms with van der Waals surface area (Å²) in [6.07, 6.45) is 1.46. The second-order valence-electron chi connectivity index (χ2n) is 6.27. The van der Waals surface area contributed by atoms with Crippen molar-refractivity contribution >= 4 is 49.4 Å². The number of hydrogen-bond donors (Lipinski definition) is 1.